The van der Waals surface area contributed by atoms with Crippen molar-refractivity contribution in [2.45, 2.75) is 4.90 Å². The summed E-state index contributed by atoms with van der Waals surface area (Å²) in [7, 11) is 0. The van der Waals surface area contributed by atoms with Crippen LogP contribution in [-0.4, -0.2) is 5.71 Å². The second-order valence-electron chi connectivity index (χ2n) is 5.22. The van der Waals surface area contributed by atoms with Crippen molar-refractivity contribution in [3.63, 3.8) is 0 Å². The van der Waals surface area contributed by atoms with Crippen LogP contribution in [0.25, 0.3) is 0 Å². The van der Waals surface area contributed by atoms with Crippen LogP contribution in [0.4, 0.5) is 10.1 Å². The molecule has 0 saturated carbocycles. The van der Waals surface area contributed by atoms with Crippen LogP contribution < -0.4 is 0 Å². The highest BCUT2D eigenvalue weighted by Gasteiger charge is 2.02. The summed E-state index contributed by atoms with van der Waals surface area (Å²) in [4.78, 5) is 5.67. The molecule has 0 radical (unpaired) electrons. The molecule has 0 bridgehead atoms. The molecule has 0 amide bonds. The Morgan fingerprint density at radius 2 is 1.68 bits per heavy atom. The summed E-state index contributed by atoms with van der Waals surface area (Å²) in [5, 5.41) is 2.61. The molecule has 0 fully saturated rings. The molecule has 0 N–H and O–H groups in total. The van der Waals surface area contributed by atoms with Gasteiger partial charge in [-0.1, -0.05) is 53.7 Å². The van der Waals surface area contributed by atoms with Gasteiger partial charge >= 0.3 is 0 Å². The quantitative estimate of drug-likeness (QED) is 0.352. The predicted octanol–water partition coefficient (Wildman–Crippen LogP) is 6.91. The van der Waals surface area contributed by atoms with Gasteiger partial charge in [0.05, 0.1) is 11.4 Å². The fourth-order valence-corrected chi connectivity index (χ4v) is 3.02. The van der Waals surface area contributed by atoms with Crippen molar-refractivity contribution in [1.29, 1.82) is 0 Å². The number of hydrogen-bond acceptors (Lipinski definition) is 2. The number of nitrogens with zero attached hydrogens (tertiary/aromatic N) is 1. The van der Waals surface area contributed by atoms with Crippen molar-refractivity contribution < 1.29 is 4.39 Å². The predicted molar refractivity (Wildman–Crippen MR) is 105 cm³/mol. The third-order valence-electron chi connectivity index (χ3n) is 3.37. The number of aliphatic imine (C=N–C) groups is 1. The van der Waals surface area contributed by atoms with E-state index in [1.54, 1.807) is 12.1 Å². The Bertz CT molecular complexity index is 889. The third-order valence-corrected chi connectivity index (χ3v) is 4.42. The molecule has 1 nitrogen and oxygen atoms in total. The summed E-state index contributed by atoms with van der Waals surface area (Å²) in [5.41, 5.74) is 2.62. The van der Waals surface area contributed by atoms with E-state index in [1.807, 2.05) is 66.1 Å². The zero-order valence-corrected chi connectivity index (χ0v) is 14.8. The van der Waals surface area contributed by atoms with Gasteiger partial charge in [-0.3, -0.25) is 0 Å². The smallest absolute Gasteiger partial charge is 0.123 e. The summed E-state index contributed by atoms with van der Waals surface area (Å²) < 4.78 is 13.0. The van der Waals surface area contributed by atoms with Gasteiger partial charge in [0.1, 0.15) is 5.82 Å². The molecular weight excluding hydrogens is 353 g/mol. The minimum atomic E-state index is -0.237. The first-order valence-electron chi connectivity index (χ1n) is 7.69. The lowest BCUT2D eigenvalue weighted by Gasteiger charge is -2.04. The molecule has 4 heteroatoms. The van der Waals surface area contributed by atoms with Crippen molar-refractivity contribution in [2.75, 3.05) is 0 Å². The number of benzene rings is 3. The van der Waals surface area contributed by atoms with E-state index in [1.165, 1.54) is 23.9 Å². The molecule has 0 spiro atoms. The van der Waals surface area contributed by atoms with Crippen molar-refractivity contribution in [3.05, 3.63) is 107 Å². The van der Waals surface area contributed by atoms with Gasteiger partial charge in [0.15, 0.2) is 0 Å². The Morgan fingerprint density at radius 1 is 0.920 bits per heavy atom. The number of para-hydroxylation sites is 1. The summed E-state index contributed by atoms with van der Waals surface area (Å²) >= 11 is 7.62. The van der Waals surface area contributed by atoms with E-state index in [2.05, 4.69) is 0 Å². The van der Waals surface area contributed by atoms with Crippen molar-refractivity contribution in [3.8, 4) is 0 Å². The van der Waals surface area contributed by atoms with Gasteiger partial charge in [0.2, 0.25) is 0 Å². The summed E-state index contributed by atoms with van der Waals surface area (Å²) in [6.45, 7) is 0. The zero-order valence-electron chi connectivity index (χ0n) is 13.3. The highest BCUT2D eigenvalue weighted by molar-refractivity contribution is 8.02. The van der Waals surface area contributed by atoms with Crippen LogP contribution in [0.5, 0.6) is 0 Å². The number of rotatable bonds is 5. The van der Waals surface area contributed by atoms with Crippen LogP contribution in [0.2, 0.25) is 5.02 Å². The molecule has 25 heavy (non-hydrogen) atoms. The molecule has 3 aromatic carbocycles. The molecule has 0 atom stereocenters. The van der Waals surface area contributed by atoms with E-state index < -0.39 is 0 Å². The summed E-state index contributed by atoms with van der Waals surface area (Å²) in [5.74, 6) is -0.237. The number of allylic oxidation sites excluding steroid dienone is 1. The van der Waals surface area contributed by atoms with Gasteiger partial charge in [0.25, 0.3) is 0 Å². The van der Waals surface area contributed by atoms with E-state index in [0.29, 0.717) is 5.02 Å². The van der Waals surface area contributed by atoms with Gasteiger partial charge in [-0.15, -0.1) is 0 Å². The number of hydrogen-bond donors (Lipinski definition) is 0. The van der Waals surface area contributed by atoms with Crippen molar-refractivity contribution in [2.24, 2.45) is 4.99 Å². The van der Waals surface area contributed by atoms with Crippen LogP contribution in [0, 0.1) is 5.82 Å². The molecular formula is C21H15ClFNS. The van der Waals surface area contributed by atoms with Gasteiger partial charge in [-0.05, 0) is 60.0 Å². The average molecular weight is 368 g/mol. The van der Waals surface area contributed by atoms with Gasteiger partial charge in [-0.25, -0.2) is 9.38 Å². The minimum absolute atomic E-state index is 0.237. The number of halogens is 2. The largest absolute Gasteiger partial charge is 0.248 e. The second-order valence-corrected chi connectivity index (χ2v) is 6.63. The van der Waals surface area contributed by atoms with E-state index >= 15 is 0 Å². The first-order chi connectivity index (χ1) is 12.2. The Morgan fingerprint density at radius 3 is 2.40 bits per heavy atom. The molecule has 0 aliphatic carbocycles. The first-order valence-corrected chi connectivity index (χ1v) is 8.95. The van der Waals surface area contributed by atoms with Crippen LogP contribution in [0.15, 0.2) is 100 Å². The topological polar surface area (TPSA) is 12.4 Å². The Hall–Kier alpha value is -2.36. The summed E-state index contributed by atoms with van der Waals surface area (Å²) in [6, 6.07) is 23.7. The van der Waals surface area contributed by atoms with Gasteiger partial charge < -0.3 is 0 Å². The highest BCUT2D eigenvalue weighted by atomic mass is 35.5. The Balaban J connectivity index is 1.87. The fourth-order valence-electron chi connectivity index (χ4n) is 2.18. The molecule has 3 rings (SSSR count). The maximum Gasteiger partial charge on any atom is 0.123 e. The van der Waals surface area contributed by atoms with Gasteiger partial charge in [-0.2, -0.15) is 0 Å². The van der Waals surface area contributed by atoms with E-state index in [9.17, 15) is 4.39 Å². The SMILES string of the molecule is Fc1ccc(SC=CC(=Nc2ccccc2)c2cccc(Cl)c2)cc1. The molecule has 0 unspecified atom stereocenters. The minimum Gasteiger partial charge on any atom is -0.248 e. The molecule has 3 aromatic rings. The van der Waals surface area contributed by atoms with E-state index in [0.717, 1.165) is 21.9 Å². The van der Waals surface area contributed by atoms with E-state index in [-0.39, 0.29) is 5.82 Å². The Kier molecular flexibility index (Phi) is 6.04. The molecule has 0 aliphatic heterocycles. The van der Waals surface area contributed by atoms with Crippen LogP contribution in [0.3, 0.4) is 0 Å². The average Bonchev–Trinajstić information content (AvgIpc) is 2.63. The highest BCUT2D eigenvalue weighted by Crippen LogP contribution is 2.21. The molecule has 0 aliphatic rings. The van der Waals surface area contributed by atoms with Crippen molar-refractivity contribution >= 4 is 34.8 Å². The fraction of sp³-hybridized carbons (Fsp3) is 0. The summed E-state index contributed by atoms with van der Waals surface area (Å²) in [6.07, 6.45) is 1.94. The molecule has 0 heterocycles. The van der Waals surface area contributed by atoms with Crippen LogP contribution >= 0.6 is 23.4 Å². The maximum absolute atomic E-state index is 13.0. The van der Waals surface area contributed by atoms with Crippen LogP contribution in [-0.2, 0) is 0 Å². The lowest BCUT2D eigenvalue weighted by molar-refractivity contribution is 0.626. The zero-order chi connectivity index (χ0) is 17.5. The van der Waals surface area contributed by atoms with Gasteiger partial charge in [0, 0.05) is 15.5 Å². The molecule has 0 aromatic heterocycles. The maximum atomic E-state index is 13.0. The van der Waals surface area contributed by atoms with E-state index in [4.69, 9.17) is 16.6 Å². The number of thioether (sulfide) groups is 1. The van der Waals surface area contributed by atoms with Crippen molar-refractivity contribution in [1.82, 2.24) is 0 Å². The second kappa shape index (κ2) is 8.65. The lowest BCUT2D eigenvalue weighted by atomic mass is 10.1. The lowest BCUT2D eigenvalue weighted by Crippen LogP contribution is -1.95. The van der Waals surface area contributed by atoms with Crippen LogP contribution in [0.1, 0.15) is 5.56 Å². The standard InChI is InChI=1S/C21H15ClFNS/c22-17-6-4-5-16(15-17)21(24-19-7-2-1-3-8-19)13-14-25-20-11-9-18(23)10-12-20/h1-15H. The third kappa shape index (κ3) is 5.31. The molecule has 0 saturated heterocycles. The Labute approximate surface area is 155 Å². The monoisotopic (exact) mass is 367 g/mol. The normalized spacial score (nSPS) is 11.8. The molecule has 124 valence electrons. The first kappa shape index (κ1) is 17.5.